The second-order valence-electron chi connectivity index (χ2n) is 12.1. The molecule has 0 radical (unpaired) electrons. The summed E-state index contributed by atoms with van der Waals surface area (Å²) < 4.78 is 13.5. The van der Waals surface area contributed by atoms with Crippen molar-refractivity contribution in [2.24, 2.45) is 17.8 Å². The molecule has 2 saturated heterocycles. The lowest BCUT2D eigenvalue weighted by Gasteiger charge is -2.58. The molecule has 3 aliphatic carbocycles. The summed E-state index contributed by atoms with van der Waals surface area (Å²) in [5.41, 5.74) is 0.393. The zero-order valence-electron chi connectivity index (χ0n) is 22.7. The predicted molar refractivity (Wildman–Crippen MR) is 143 cm³/mol. The number of ketones is 2. The quantitative estimate of drug-likeness (QED) is 0.534. The van der Waals surface area contributed by atoms with Crippen molar-refractivity contribution in [2.75, 3.05) is 26.2 Å². The number of carbonyl (C=O) groups is 2. The van der Waals surface area contributed by atoms with Crippen molar-refractivity contribution >= 4 is 11.6 Å². The van der Waals surface area contributed by atoms with E-state index in [4.69, 9.17) is 9.47 Å². The fourth-order valence-corrected chi connectivity index (χ4v) is 7.49. The SMILES string of the molecule is CC(C)=CCc1c(O)cc(O)c2c1O[C@@]13C(=C[C@H]4C(=O)C1(CC=C(C)C)OC[C@@H]3[C@H]4CN1CCCC1)C2=O. The molecule has 5 atom stereocenters. The predicted octanol–water partition coefficient (Wildman–Crippen LogP) is 4.51. The summed E-state index contributed by atoms with van der Waals surface area (Å²) in [6.07, 6.45) is 8.71. The molecule has 1 spiro atoms. The monoisotopic (exact) mass is 519 g/mol. The molecule has 38 heavy (non-hydrogen) atoms. The lowest BCUT2D eigenvalue weighted by molar-refractivity contribution is -0.171. The van der Waals surface area contributed by atoms with Gasteiger partial charge in [-0.05, 0) is 66.0 Å². The third-order valence-corrected chi connectivity index (χ3v) is 9.31. The number of phenolic OH excluding ortho intramolecular Hbond substituents is 2. The summed E-state index contributed by atoms with van der Waals surface area (Å²) in [5, 5.41) is 21.7. The van der Waals surface area contributed by atoms with Crippen molar-refractivity contribution in [2.45, 2.75) is 64.6 Å². The van der Waals surface area contributed by atoms with Gasteiger partial charge in [-0.2, -0.15) is 0 Å². The van der Waals surface area contributed by atoms with Crippen LogP contribution >= 0.6 is 0 Å². The fourth-order valence-electron chi connectivity index (χ4n) is 7.49. The average molecular weight is 520 g/mol. The molecule has 7 rings (SSSR count). The number of benzene rings is 1. The van der Waals surface area contributed by atoms with E-state index in [0.29, 0.717) is 30.6 Å². The highest BCUT2D eigenvalue weighted by atomic mass is 16.6. The van der Waals surface area contributed by atoms with Crippen LogP contribution in [0, 0.1) is 17.8 Å². The minimum absolute atomic E-state index is 0.0248. The van der Waals surface area contributed by atoms with E-state index in [1.54, 1.807) is 0 Å². The number of carbonyl (C=O) groups excluding carboxylic acids is 2. The lowest BCUT2D eigenvalue weighted by atomic mass is 9.49. The molecule has 4 bridgehead atoms. The van der Waals surface area contributed by atoms with Crippen molar-refractivity contribution in [3.8, 4) is 17.2 Å². The van der Waals surface area contributed by atoms with Crippen molar-refractivity contribution in [1.82, 2.24) is 4.90 Å². The summed E-state index contributed by atoms with van der Waals surface area (Å²) in [4.78, 5) is 31.0. The van der Waals surface area contributed by atoms with Crippen molar-refractivity contribution in [3.63, 3.8) is 0 Å². The van der Waals surface area contributed by atoms with Gasteiger partial charge in [0.25, 0.3) is 0 Å². The molecule has 7 heteroatoms. The van der Waals surface area contributed by atoms with Crippen LogP contribution in [0.3, 0.4) is 0 Å². The number of likely N-dealkylation sites (tertiary alicyclic amines) is 1. The highest BCUT2D eigenvalue weighted by Gasteiger charge is 2.79. The van der Waals surface area contributed by atoms with Crippen LogP contribution < -0.4 is 4.74 Å². The summed E-state index contributed by atoms with van der Waals surface area (Å²) in [7, 11) is 0. The Hall–Kier alpha value is -2.90. The topological polar surface area (TPSA) is 96.3 Å². The van der Waals surface area contributed by atoms with Crippen LogP contribution in [-0.2, 0) is 16.0 Å². The summed E-state index contributed by atoms with van der Waals surface area (Å²) in [5.74, 6) is -1.31. The first-order chi connectivity index (χ1) is 18.1. The smallest absolute Gasteiger partial charge is 0.200 e. The number of hydrogen-bond acceptors (Lipinski definition) is 7. The van der Waals surface area contributed by atoms with E-state index in [9.17, 15) is 19.8 Å². The minimum atomic E-state index is -1.33. The first kappa shape index (κ1) is 25.4. The maximum absolute atomic E-state index is 14.3. The van der Waals surface area contributed by atoms with Gasteiger partial charge in [-0.3, -0.25) is 9.59 Å². The Bertz CT molecular complexity index is 1310. The third kappa shape index (κ3) is 3.34. The van der Waals surface area contributed by atoms with Gasteiger partial charge < -0.3 is 24.6 Å². The Labute approximate surface area is 223 Å². The molecule has 2 N–H and O–H groups in total. The fraction of sp³-hybridized carbons (Fsp3) is 0.548. The van der Waals surface area contributed by atoms with Crippen LogP contribution in [0.1, 0.15) is 62.9 Å². The van der Waals surface area contributed by atoms with E-state index >= 15 is 0 Å². The number of Topliss-reactive ketones (excluding diaryl/α,β-unsaturated/α-hetero) is 2. The number of allylic oxidation sites excluding steroid dienone is 4. The Morgan fingerprint density at radius 1 is 1.08 bits per heavy atom. The maximum atomic E-state index is 14.3. The highest BCUT2D eigenvalue weighted by Crippen LogP contribution is 2.65. The lowest BCUT2D eigenvalue weighted by Crippen LogP contribution is -2.74. The number of phenols is 2. The molecule has 0 amide bonds. The zero-order chi connectivity index (χ0) is 27.0. The number of aromatic hydroxyl groups is 2. The Balaban J connectivity index is 1.57. The number of nitrogens with zero attached hydrogens (tertiary/aromatic N) is 1. The van der Waals surface area contributed by atoms with Crippen LogP contribution in [0.25, 0.3) is 0 Å². The molecule has 202 valence electrons. The second-order valence-corrected chi connectivity index (χ2v) is 12.1. The van der Waals surface area contributed by atoms with E-state index < -0.39 is 17.1 Å². The Morgan fingerprint density at radius 3 is 2.47 bits per heavy atom. The van der Waals surface area contributed by atoms with E-state index in [1.165, 1.54) is 6.07 Å². The molecular weight excluding hydrogens is 482 g/mol. The van der Waals surface area contributed by atoms with Gasteiger partial charge in [0.05, 0.1) is 6.61 Å². The van der Waals surface area contributed by atoms with Gasteiger partial charge in [-0.1, -0.05) is 29.4 Å². The molecule has 3 fully saturated rings. The van der Waals surface area contributed by atoms with Gasteiger partial charge in [0.1, 0.15) is 22.8 Å². The summed E-state index contributed by atoms with van der Waals surface area (Å²) >= 11 is 0. The van der Waals surface area contributed by atoms with E-state index in [1.807, 2.05) is 45.9 Å². The molecule has 6 aliphatic rings. The van der Waals surface area contributed by atoms with Gasteiger partial charge >= 0.3 is 0 Å². The molecule has 1 saturated carbocycles. The van der Waals surface area contributed by atoms with Crippen LogP contribution in [0.5, 0.6) is 17.2 Å². The van der Waals surface area contributed by atoms with Gasteiger partial charge in [0, 0.05) is 42.0 Å². The molecule has 3 heterocycles. The van der Waals surface area contributed by atoms with Gasteiger partial charge in [-0.25, -0.2) is 0 Å². The molecule has 1 unspecified atom stereocenters. The minimum Gasteiger partial charge on any atom is -0.507 e. The number of rotatable bonds is 6. The maximum Gasteiger partial charge on any atom is 0.200 e. The van der Waals surface area contributed by atoms with Gasteiger partial charge in [-0.15, -0.1) is 0 Å². The number of fused-ring (bicyclic) bond motifs is 1. The van der Waals surface area contributed by atoms with Crippen LogP contribution in [0.2, 0.25) is 0 Å². The molecule has 3 aliphatic heterocycles. The molecular formula is C31H37NO6. The molecule has 7 nitrogen and oxygen atoms in total. The zero-order valence-corrected chi connectivity index (χ0v) is 22.7. The van der Waals surface area contributed by atoms with E-state index in [-0.39, 0.29) is 46.2 Å². The van der Waals surface area contributed by atoms with Crippen molar-refractivity contribution in [3.05, 3.63) is 52.1 Å². The first-order valence-electron chi connectivity index (χ1n) is 13.8. The van der Waals surface area contributed by atoms with Crippen molar-refractivity contribution in [1.29, 1.82) is 0 Å². The Kier molecular flexibility index (Phi) is 5.89. The molecule has 1 aromatic rings. The number of hydrogen-bond donors (Lipinski definition) is 2. The van der Waals surface area contributed by atoms with Crippen LogP contribution in [-0.4, -0.2) is 64.1 Å². The van der Waals surface area contributed by atoms with Crippen LogP contribution in [0.4, 0.5) is 0 Å². The normalized spacial score (nSPS) is 32.9. The number of ether oxygens (including phenoxy) is 2. The van der Waals surface area contributed by atoms with E-state index in [2.05, 4.69) is 4.90 Å². The third-order valence-electron chi connectivity index (χ3n) is 9.31. The molecule has 1 aromatic carbocycles. The standard InChI is InChI=1S/C31H37NO6/c1-17(2)7-8-19-24(33)14-25(34)26-27(35)22-13-20-21(15-32-11-5-6-12-32)23-16-37-30(29(20)36,10-9-18(3)4)31(22,23)38-28(19)26/h7,9,13-14,20-21,23,33-34H,5-6,8,10-12,15-16H2,1-4H3/t20-,21+,23-,30?,31-/m1/s1. The second kappa shape index (κ2) is 8.82. The van der Waals surface area contributed by atoms with Gasteiger partial charge in [0.15, 0.2) is 22.8 Å². The Morgan fingerprint density at radius 2 is 1.79 bits per heavy atom. The first-order valence-corrected chi connectivity index (χ1v) is 13.8. The van der Waals surface area contributed by atoms with Gasteiger partial charge in [0.2, 0.25) is 0 Å². The van der Waals surface area contributed by atoms with E-state index in [0.717, 1.165) is 43.6 Å². The highest BCUT2D eigenvalue weighted by molar-refractivity contribution is 6.18. The average Bonchev–Trinajstić information content (AvgIpc) is 3.46. The van der Waals surface area contributed by atoms with Crippen LogP contribution in [0.15, 0.2) is 41.0 Å². The largest absolute Gasteiger partial charge is 0.507 e. The molecule has 0 aromatic heterocycles. The van der Waals surface area contributed by atoms with Crippen molar-refractivity contribution < 1.29 is 29.3 Å². The summed E-state index contributed by atoms with van der Waals surface area (Å²) in [6, 6.07) is 1.22. The summed E-state index contributed by atoms with van der Waals surface area (Å²) in [6.45, 7) is 11.0.